The molecule has 0 saturated heterocycles. The number of rotatable bonds is 2. The van der Waals surface area contributed by atoms with E-state index in [0.29, 0.717) is 11.3 Å². The average molecular weight is 366 g/mol. The zero-order valence-electron chi connectivity index (χ0n) is 12.4. The number of ether oxygens (including phenoxy) is 1. The average Bonchev–Trinajstić information content (AvgIpc) is 3.05. The normalized spacial score (nSPS) is 24.0. The third kappa shape index (κ3) is 2.07. The zero-order chi connectivity index (χ0) is 16.1. The number of aromatic nitrogens is 3. The van der Waals surface area contributed by atoms with Gasteiger partial charge >= 0.3 is 0 Å². The summed E-state index contributed by atoms with van der Waals surface area (Å²) in [5.74, 6) is 0.189. The van der Waals surface area contributed by atoms with E-state index in [2.05, 4.69) is 26.0 Å². The molecule has 22 heavy (non-hydrogen) atoms. The Morgan fingerprint density at radius 2 is 2.18 bits per heavy atom. The van der Waals surface area contributed by atoms with Crippen LogP contribution in [0.15, 0.2) is 35.3 Å². The number of fused-ring (bicyclic) bond motifs is 1. The van der Waals surface area contributed by atoms with Gasteiger partial charge in [-0.2, -0.15) is 5.10 Å². The summed E-state index contributed by atoms with van der Waals surface area (Å²) < 4.78 is 8.02. The van der Waals surface area contributed by atoms with E-state index in [1.54, 1.807) is 39.0 Å². The Kier molecular flexibility index (Phi) is 3.37. The third-order valence-corrected chi connectivity index (χ3v) is 4.16. The summed E-state index contributed by atoms with van der Waals surface area (Å²) in [4.78, 5) is 17.0. The van der Waals surface area contributed by atoms with E-state index in [1.165, 1.54) is 17.3 Å². The van der Waals surface area contributed by atoms with Crippen LogP contribution in [-0.4, -0.2) is 25.7 Å². The van der Waals surface area contributed by atoms with E-state index < -0.39 is 17.2 Å². The Labute approximate surface area is 136 Å². The Bertz CT molecular complexity index is 724. The number of benzene rings is 1. The molecule has 0 amide bonds. The quantitative estimate of drug-likeness (QED) is 0.884. The van der Waals surface area contributed by atoms with Gasteiger partial charge in [0.15, 0.2) is 6.10 Å². The largest absolute Gasteiger partial charge is 0.455 e. The van der Waals surface area contributed by atoms with Gasteiger partial charge in [-0.05, 0) is 18.2 Å². The molecule has 0 radical (unpaired) electrons. The SMILES string of the molecule is CC(C)(C)C(=O)[C@]1(n2cncn2)Oc2ccc(Br)cc2[C@@H]1O. The standard InChI is InChI=1S/C15H16BrN3O3/c1-14(2,3)13(21)15(19-8-17-7-18-19)12(20)10-6-9(16)4-5-11(10)22-15/h4-8,12,20H,1-3H3/t12-,15+/m0/s1. The molecule has 2 aromatic rings. The molecule has 1 aromatic heterocycles. The molecule has 6 nitrogen and oxygen atoms in total. The highest BCUT2D eigenvalue weighted by molar-refractivity contribution is 9.10. The highest BCUT2D eigenvalue weighted by Gasteiger charge is 2.59. The van der Waals surface area contributed by atoms with Gasteiger partial charge in [-0.15, -0.1) is 0 Å². The van der Waals surface area contributed by atoms with Crippen molar-refractivity contribution in [3.8, 4) is 5.75 Å². The Balaban J connectivity index is 2.20. The second-order valence-electron chi connectivity index (χ2n) is 6.30. The van der Waals surface area contributed by atoms with Gasteiger partial charge in [-0.3, -0.25) is 4.79 Å². The molecule has 0 unspecified atom stereocenters. The van der Waals surface area contributed by atoms with Gasteiger partial charge < -0.3 is 9.84 Å². The van der Waals surface area contributed by atoms with Crippen molar-refractivity contribution >= 4 is 21.7 Å². The fourth-order valence-corrected chi connectivity index (χ4v) is 3.00. The van der Waals surface area contributed by atoms with Gasteiger partial charge in [0.25, 0.3) is 5.72 Å². The monoisotopic (exact) mass is 365 g/mol. The minimum atomic E-state index is -1.64. The molecule has 1 aromatic carbocycles. The van der Waals surface area contributed by atoms with E-state index in [1.807, 2.05) is 0 Å². The molecule has 2 heterocycles. The number of carbonyl (C=O) groups excluding carboxylic acids is 1. The maximum atomic E-state index is 13.1. The summed E-state index contributed by atoms with van der Waals surface area (Å²) in [7, 11) is 0. The van der Waals surface area contributed by atoms with Crippen LogP contribution in [0.3, 0.4) is 0 Å². The summed E-state index contributed by atoms with van der Waals surface area (Å²) in [6, 6.07) is 5.26. The molecule has 0 saturated carbocycles. The van der Waals surface area contributed by atoms with Gasteiger partial charge in [0, 0.05) is 15.5 Å². The van der Waals surface area contributed by atoms with Crippen LogP contribution >= 0.6 is 15.9 Å². The molecule has 0 spiro atoms. The van der Waals surface area contributed by atoms with Crippen molar-refractivity contribution < 1.29 is 14.6 Å². The molecular weight excluding hydrogens is 350 g/mol. The van der Waals surface area contributed by atoms with Crippen molar-refractivity contribution in [2.75, 3.05) is 0 Å². The van der Waals surface area contributed by atoms with Crippen molar-refractivity contribution in [1.82, 2.24) is 14.8 Å². The van der Waals surface area contributed by atoms with Crippen LogP contribution in [0.1, 0.15) is 32.4 Å². The highest BCUT2D eigenvalue weighted by atomic mass is 79.9. The molecule has 0 fully saturated rings. The van der Waals surface area contributed by atoms with Gasteiger partial charge in [-0.25, -0.2) is 9.67 Å². The number of halogens is 1. The Morgan fingerprint density at radius 1 is 1.45 bits per heavy atom. The van der Waals surface area contributed by atoms with E-state index in [9.17, 15) is 9.90 Å². The highest BCUT2D eigenvalue weighted by Crippen LogP contribution is 2.49. The van der Waals surface area contributed by atoms with Crippen molar-refractivity contribution in [3.05, 3.63) is 40.9 Å². The number of carbonyl (C=O) groups is 1. The number of hydrogen-bond donors (Lipinski definition) is 1. The number of hydrogen-bond acceptors (Lipinski definition) is 5. The first-order valence-corrected chi connectivity index (χ1v) is 7.62. The van der Waals surface area contributed by atoms with Gasteiger partial charge in [0.1, 0.15) is 18.4 Å². The molecule has 1 N–H and O–H groups in total. The first-order chi connectivity index (χ1) is 10.3. The molecule has 2 atom stereocenters. The number of aliphatic hydroxyl groups is 1. The lowest BCUT2D eigenvalue weighted by Gasteiger charge is -2.35. The van der Waals surface area contributed by atoms with Crippen LogP contribution in [0.4, 0.5) is 0 Å². The van der Waals surface area contributed by atoms with Crippen molar-refractivity contribution in [3.63, 3.8) is 0 Å². The molecule has 1 aliphatic rings. The molecule has 3 rings (SSSR count). The van der Waals surface area contributed by atoms with Crippen LogP contribution in [0.2, 0.25) is 0 Å². The predicted octanol–water partition coefficient (Wildman–Crippen LogP) is 2.43. The van der Waals surface area contributed by atoms with E-state index in [0.717, 1.165) is 4.47 Å². The van der Waals surface area contributed by atoms with Crippen molar-refractivity contribution in [2.45, 2.75) is 32.6 Å². The number of aliphatic hydroxyl groups excluding tert-OH is 1. The minimum absolute atomic E-state index is 0.273. The topological polar surface area (TPSA) is 77.2 Å². The first-order valence-electron chi connectivity index (χ1n) is 6.83. The van der Waals surface area contributed by atoms with Crippen molar-refractivity contribution in [1.29, 1.82) is 0 Å². The van der Waals surface area contributed by atoms with Crippen LogP contribution in [-0.2, 0) is 10.5 Å². The van der Waals surface area contributed by atoms with Crippen LogP contribution in [0.5, 0.6) is 5.75 Å². The number of ketones is 1. The zero-order valence-corrected chi connectivity index (χ0v) is 14.0. The predicted molar refractivity (Wildman–Crippen MR) is 82.2 cm³/mol. The summed E-state index contributed by atoms with van der Waals surface area (Å²) in [5.41, 5.74) is -1.83. The molecule has 1 aliphatic heterocycles. The first kappa shape index (κ1) is 15.2. The summed E-state index contributed by atoms with van der Waals surface area (Å²) >= 11 is 3.37. The van der Waals surface area contributed by atoms with Crippen LogP contribution in [0, 0.1) is 5.41 Å². The summed E-state index contributed by atoms with van der Waals surface area (Å²) in [5, 5.41) is 14.9. The fraction of sp³-hybridized carbons (Fsp3) is 0.400. The molecule has 0 aliphatic carbocycles. The molecule has 0 bridgehead atoms. The minimum Gasteiger partial charge on any atom is -0.455 e. The maximum absolute atomic E-state index is 13.1. The molecular formula is C15H16BrN3O3. The molecule has 116 valence electrons. The second kappa shape index (κ2) is 4.89. The molecule has 7 heteroatoms. The van der Waals surface area contributed by atoms with Gasteiger partial charge in [0.2, 0.25) is 5.78 Å². The van der Waals surface area contributed by atoms with E-state index >= 15 is 0 Å². The van der Waals surface area contributed by atoms with Crippen molar-refractivity contribution in [2.24, 2.45) is 5.41 Å². The Hall–Kier alpha value is -1.73. The maximum Gasteiger partial charge on any atom is 0.292 e. The number of nitrogens with zero attached hydrogens (tertiary/aromatic N) is 3. The number of Topliss-reactive ketones (excluding diaryl/α,β-unsaturated/α-hetero) is 1. The van der Waals surface area contributed by atoms with Crippen LogP contribution < -0.4 is 4.74 Å². The summed E-state index contributed by atoms with van der Waals surface area (Å²) in [6.45, 7) is 5.34. The fourth-order valence-electron chi connectivity index (χ4n) is 2.62. The lowest BCUT2D eigenvalue weighted by atomic mass is 9.81. The smallest absolute Gasteiger partial charge is 0.292 e. The third-order valence-electron chi connectivity index (χ3n) is 3.67. The van der Waals surface area contributed by atoms with Crippen LogP contribution in [0.25, 0.3) is 0 Å². The van der Waals surface area contributed by atoms with E-state index in [4.69, 9.17) is 4.74 Å². The summed E-state index contributed by atoms with van der Waals surface area (Å²) in [6.07, 6.45) is 1.52. The van der Waals surface area contributed by atoms with Gasteiger partial charge in [0.05, 0.1) is 0 Å². The Morgan fingerprint density at radius 3 is 2.77 bits per heavy atom. The van der Waals surface area contributed by atoms with E-state index in [-0.39, 0.29) is 5.78 Å². The second-order valence-corrected chi connectivity index (χ2v) is 7.22. The lowest BCUT2D eigenvalue weighted by Crippen LogP contribution is -2.53. The van der Waals surface area contributed by atoms with Gasteiger partial charge in [-0.1, -0.05) is 36.7 Å². The lowest BCUT2D eigenvalue weighted by molar-refractivity contribution is -0.167.